The molecule has 0 unspecified atom stereocenters. The van der Waals surface area contributed by atoms with Gasteiger partial charge in [0, 0.05) is 0 Å². The molecule has 0 radical (unpaired) electrons. The van der Waals surface area contributed by atoms with Gasteiger partial charge in [0.1, 0.15) is 0 Å². The molecule has 4 aromatic carbocycles. The number of benzene rings is 4. The molecule has 0 aliphatic heterocycles. The molecule has 32 heavy (non-hydrogen) atoms. The van der Waals surface area contributed by atoms with Crippen LogP contribution in [0.1, 0.15) is 27.0 Å². The van der Waals surface area contributed by atoms with Gasteiger partial charge in [-0.2, -0.15) is 0 Å². The number of hydrogen-bond donors (Lipinski definition) is 0. The normalized spacial score (nSPS) is 12.6. The van der Waals surface area contributed by atoms with Crippen molar-refractivity contribution in [2.24, 2.45) is 0 Å². The van der Waals surface area contributed by atoms with Crippen molar-refractivity contribution in [3.8, 4) is 0 Å². The Morgan fingerprint density at radius 3 is 1.25 bits per heavy atom. The third-order valence-electron chi connectivity index (χ3n) is 6.29. The Hall–Kier alpha value is -3.22. The second kappa shape index (κ2) is 8.37. The zero-order valence-corrected chi connectivity index (χ0v) is 20.0. The molecular formula is C29H29O2P. The summed E-state index contributed by atoms with van der Waals surface area (Å²) in [4.78, 5) is 13.6. The number of rotatable bonds is 5. The van der Waals surface area contributed by atoms with Gasteiger partial charge in [-0.3, -0.25) is 0 Å². The summed E-state index contributed by atoms with van der Waals surface area (Å²) in [6.07, 6.45) is 0. The fraction of sp³-hybridized carbons (Fsp3) is 0.138. The summed E-state index contributed by atoms with van der Waals surface area (Å²) in [5.41, 5.74) is 4.05. The van der Waals surface area contributed by atoms with E-state index < -0.39 is 6.83 Å². The number of carbonyl (C=O) groups is 1. The second-order valence-electron chi connectivity index (χ2n) is 8.71. The molecule has 0 aromatic heterocycles. The third-order valence-corrected chi connectivity index (χ3v) is 11.5. The number of hydrogen-bond acceptors (Lipinski definition) is 2. The van der Waals surface area contributed by atoms with Crippen molar-refractivity contribution >= 4 is 28.7 Å². The van der Waals surface area contributed by atoms with Crippen LogP contribution in [0, 0.1) is 20.8 Å². The van der Waals surface area contributed by atoms with Crippen molar-refractivity contribution in [2.75, 3.05) is 6.66 Å². The Kier molecular flexibility index (Phi) is 5.75. The van der Waals surface area contributed by atoms with Gasteiger partial charge in [-0.1, -0.05) is 0 Å². The maximum atomic E-state index is 13.6. The molecule has 3 heteroatoms. The molecule has 0 aliphatic rings. The summed E-state index contributed by atoms with van der Waals surface area (Å²) in [5, 5.41) is 3.08. The predicted molar refractivity (Wildman–Crippen MR) is 137 cm³/mol. The first-order valence-electron chi connectivity index (χ1n) is 10.8. The number of aryl methyl sites for hydroxylation is 3. The molecule has 0 heterocycles. The molecule has 4 aromatic rings. The van der Waals surface area contributed by atoms with Gasteiger partial charge in [-0.25, -0.2) is 0 Å². The molecular weight excluding hydrogens is 411 g/mol. The molecule has 2 nitrogen and oxygen atoms in total. The van der Waals surface area contributed by atoms with Gasteiger partial charge in [0.15, 0.2) is 0 Å². The van der Waals surface area contributed by atoms with Gasteiger partial charge in [-0.15, -0.1) is 0 Å². The van der Waals surface area contributed by atoms with Crippen LogP contribution in [0.3, 0.4) is 0 Å². The van der Waals surface area contributed by atoms with Crippen LogP contribution in [-0.2, 0) is 4.52 Å². The van der Waals surface area contributed by atoms with E-state index in [1.807, 2.05) is 30.3 Å². The van der Waals surface area contributed by atoms with E-state index >= 15 is 0 Å². The van der Waals surface area contributed by atoms with Gasteiger partial charge in [0.2, 0.25) is 0 Å². The van der Waals surface area contributed by atoms with Crippen LogP contribution in [0.5, 0.6) is 0 Å². The summed E-state index contributed by atoms with van der Waals surface area (Å²) in [5.74, 6) is -0.313. The average Bonchev–Trinajstić information content (AvgIpc) is 2.81. The van der Waals surface area contributed by atoms with Crippen LogP contribution in [-0.4, -0.2) is 12.6 Å². The molecule has 0 fully saturated rings. The van der Waals surface area contributed by atoms with Crippen molar-refractivity contribution < 1.29 is 9.32 Å². The van der Waals surface area contributed by atoms with E-state index in [1.54, 1.807) is 0 Å². The van der Waals surface area contributed by atoms with Crippen molar-refractivity contribution in [3.05, 3.63) is 125 Å². The van der Waals surface area contributed by atoms with Gasteiger partial charge in [0.05, 0.1) is 0 Å². The van der Waals surface area contributed by atoms with E-state index in [-0.39, 0.29) is 5.97 Å². The summed E-state index contributed by atoms with van der Waals surface area (Å²) >= 11 is 0. The Bertz CT molecular complexity index is 1110. The topological polar surface area (TPSA) is 26.3 Å². The zero-order valence-electron chi connectivity index (χ0n) is 19.1. The quantitative estimate of drug-likeness (QED) is 0.364. The fourth-order valence-electron chi connectivity index (χ4n) is 4.15. The van der Waals surface area contributed by atoms with E-state index in [2.05, 4.69) is 100 Å². The molecule has 162 valence electrons. The minimum absolute atomic E-state index is 0.313. The van der Waals surface area contributed by atoms with E-state index in [4.69, 9.17) is 4.52 Å². The molecule has 0 aliphatic carbocycles. The Morgan fingerprint density at radius 1 is 0.562 bits per heavy atom. The Balaban J connectivity index is 2.06. The van der Waals surface area contributed by atoms with Crippen molar-refractivity contribution in [3.63, 3.8) is 0 Å². The predicted octanol–water partition coefficient (Wildman–Crippen LogP) is 5.84. The first-order chi connectivity index (χ1) is 15.3. The molecule has 0 N–H and O–H groups in total. The summed E-state index contributed by atoms with van der Waals surface area (Å²) < 4.78 is 6.78. The maximum absolute atomic E-state index is 13.6. The van der Waals surface area contributed by atoms with E-state index in [0.29, 0.717) is 5.56 Å². The van der Waals surface area contributed by atoms with Crippen LogP contribution in [0.4, 0.5) is 0 Å². The molecule has 0 bridgehead atoms. The van der Waals surface area contributed by atoms with Gasteiger partial charge >= 0.3 is 191 Å². The monoisotopic (exact) mass is 440 g/mol. The molecule has 0 atom stereocenters. The van der Waals surface area contributed by atoms with E-state index in [0.717, 1.165) is 15.9 Å². The summed E-state index contributed by atoms with van der Waals surface area (Å²) in [7, 11) is 0. The first kappa shape index (κ1) is 22.0. The number of carbonyl (C=O) groups excluding carboxylic acids is 1. The van der Waals surface area contributed by atoms with Crippen LogP contribution in [0.25, 0.3) is 0 Å². The Labute approximate surface area is 190 Å². The van der Waals surface area contributed by atoms with Crippen LogP contribution < -0.4 is 15.9 Å². The van der Waals surface area contributed by atoms with Gasteiger partial charge in [-0.05, 0) is 0 Å². The third kappa shape index (κ3) is 3.76. The van der Waals surface area contributed by atoms with Crippen molar-refractivity contribution in [2.45, 2.75) is 20.8 Å². The van der Waals surface area contributed by atoms with Crippen LogP contribution in [0.2, 0.25) is 0 Å². The first-order valence-corrected chi connectivity index (χ1v) is 13.4. The summed E-state index contributed by atoms with van der Waals surface area (Å²) in [6, 6.07) is 34.5. The molecule has 0 saturated carbocycles. The fourth-order valence-corrected chi connectivity index (χ4v) is 8.48. The van der Waals surface area contributed by atoms with Crippen molar-refractivity contribution in [1.29, 1.82) is 0 Å². The zero-order chi connectivity index (χ0) is 22.8. The van der Waals surface area contributed by atoms with Gasteiger partial charge < -0.3 is 0 Å². The average molecular weight is 441 g/mol. The molecule has 0 spiro atoms. The van der Waals surface area contributed by atoms with Crippen molar-refractivity contribution in [1.82, 2.24) is 0 Å². The van der Waals surface area contributed by atoms with Gasteiger partial charge in [0.25, 0.3) is 0 Å². The minimum atomic E-state index is -3.61. The van der Waals surface area contributed by atoms with Crippen LogP contribution >= 0.6 is 6.83 Å². The van der Waals surface area contributed by atoms with Crippen LogP contribution in [0.15, 0.2) is 103 Å². The molecule has 4 rings (SSSR count). The molecule has 0 saturated heterocycles. The Morgan fingerprint density at radius 2 is 0.906 bits per heavy atom. The second-order valence-corrected chi connectivity index (χ2v) is 13.4. The van der Waals surface area contributed by atoms with E-state index in [1.165, 1.54) is 16.7 Å². The van der Waals surface area contributed by atoms with E-state index in [9.17, 15) is 4.79 Å². The SMILES string of the molecule is Cc1ccc(P(C)(OC(=O)c2ccccc2)(c2ccc(C)cc2)c2ccc(C)cc2)cc1. The standard InChI is InChI=1S/C29H29O2P/c1-22-10-16-26(17-11-22)32(4,27-18-12-23(2)13-19-27,28-20-14-24(3)15-21-28)31-29(30)25-8-6-5-7-9-25/h5-21H,1-4H3. The molecule has 0 amide bonds. The summed E-state index contributed by atoms with van der Waals surface area (Å²) in [6.45, 7) is 4.75.